The van der Waals surface area contributed by atoms with Crippen LogP contribution in [0.25, 0.3) is 5.76 Å². The summed E-state index contributed by atoms with van der Waals surface area (Å²) < 4.78 is 5.90. The third-order valence-corrected chi connectivity index (χ3v) is 4.15. The van der Waals surface area contributed by atoms with Gasteiger partial charge in [0.2, 0.25) is 0 Å². The summed E-state index contributed by atoms with van der Waals surface area (Å²) in [5.41, 5.74) is 2.46. The predicted octanol–water partition coefficient (Wildman–Crippen LogP) is 5.47. The maximum absolute atomic E-state index is 10.9. The largest absolute Gasteiger partial charge is 0.458 e. The standard InChI is InChI=1S/C20H15Cl2NO2/c1-14-13-23(18-5-2-4-17(22)12-18)19(6-3-11-24)20(25-14)15-7-9-16(21)10-8-15/h2-12H,1,13H2/b6-3+. The third kappa shape index (κ3) is 3.95. The molecule has 0 fully saturated rings. The Morgan fingerprint density at radius 2 is 1.84 bits per heavy atom. The smallest absolute Gasteiger partial charge is 0.157 e. The van der Waals surface area contributed by atoms with Crippen molar-refractivity contribution in [1.29, 1.82) is 0 Å². The van der Waals surface area contributed by atoms with Crippen molar-refractivity contribution in [2.75, 3.05) is 11.4 Å². The van der Waals surface area contributed by atoms with Gasteiger partial charge in [0.15, 0.2) is 5.76 Å². The second kappa shape index (κ2) is 7.60. The van der Waals surface area contributed by atoms with Gasteiger partial charge in [0.1, 0.15) is 12.0 Å². The van der Waals surface area contributed by atoms with E-state index in [2.05, 4.69) is 6.58 Å². The number of anilines is 1. The number of carbonyl (C=O) groups excluding carboxylic acids is 1. The van der Waals surface area contributed by atoms with Crippen LogP contribution in [0.2, 0.25) is 10.0 Å². The highest BCUT2D eigenvalue weighted by molar-refractivity contribution is 6.31. The lowest BCUT2D eigenvalue weighted by Crippen LogP contribution is -2.30. The molecule has 5 heteroatoms. The second-order valence-corrected chi connectivity index (χ2v) is 6.30. The molecule has 0 atom stereocenters. The molecule has 3 nitrogen and oxygen atoms in total. The summed E-state index contributed by atoms with van der Waals surface area (Å²) >= 11 is 12.1. The van der Waals surface area contributed by atoms with Crippen molar-refractivity contribution in [3.8, 4) is 0 Å². The first-order chi connectivity index (χ1) is 12.1. The van der Waals surface area contributed by atoms with Gasteiger partial charge in [-0.3, -0.25) is 4.79 Å². The number of rotatable bonds is 4. The number of nitrogens with zero attached hydrogens (tertiary/aromatic N) is 1. The van der Waals surface area contributed by atoms with Gasteiger partial charge < -0.3 is 9.64 Å². The maximum atomic E-state index is 10.9. The molecule has 2 aromatic carbocycles. The minimum Gasteiger partial charge on any atom is -0.458 e. The minimum absolute atomic E-state index is 0.454. The molecule has 126 valence electrons. The number of hydrogen-bond donors (Lipinski definition) is 0. The molecule has 1 aliphatic heterocycles. The van der Waals surface area contributed by atoms with Gasteiger partial charge in [0.05, 0.1) is 12.2 Å². The fraction of sp³-hybridized carbons (Fsp3) is 0.0500. The molecule has 3 rings (SSSR count). The summed E-state index contributed by atoms with van der Waals surface area (Å²) in [5.74, 6) is 1.19. The Morgan fingerprint density at radius 1 is 1.08 bits per heavy atom. The molecule has 0 saturated heterocycles. The molecule has 0 aliphatic carbocycles. The number of aldehydes is 1. The van der Waals surface area contributed by atoms with E-state index < -0.39 is 0 Å². The summed E-state index contributed by atoms with van der Waals surface area (Å²) in [6.45, 7) is 4.42. The molecule has 1 heterocycles. The summed E-state index contributed by atoms with van der Waals surface area (Å²) in [5, 5.41) is 1.26. The fourth-order valence-electron chi connectivity index (χ4n) is 2.59. The Bertz CT molecular complexity index is 870. The quantitative estimate of drug-likeness (QED) is 0.527. The van der Waals surface area contributed by atoms with E-state index in [0.29, 0.717) is 28.1 Å². The number of hydrogen-bond acceptors (Lipinski definition) is 3. The number of benzene rings is 2. The summed E-state index contributed by atoms with van der Waals surface area (Å²) in [4.78, 5) is 12.9. The van der Waals surface area contributed by atoms with Gasteiger partial charge in [-0.25, -0.2) is 0 Å². The maximum Gasteiger partial charge on any atom is 0.157 e. The van der Waals surface area contributed by atoms with E-state index in [1.54, 1.807) is 18.2 Å². The highest BCUT2D eigenvalue weighted by atomic mass is 35.5. The first kappa shape index (κ1) is 17.3. The highest BCUT2D eigenvalue weighted by Gasteiger charge is 2.24. The van der Waals surface area contributed by atoms with Gasteiger partial charge in [-0.05, 0) is 54.6 Å². The van der Waals surface area contributed by atoms with E-state index in [9.17, 15) is 4.79 Å². The van der Waals surface area contributed by atoms with E-state index in [1.165, 1.54) is 6.08 Å². The van der Waals surface area contributed by atoms with Crippen molar-refractivity contribution in [3.63, 3.8) is 0 Å². The first-order valence-corrected chi connectivity index (χ1v) is 8.35. The van der Waals surface area contributed by atoms with E-state index >= 15 is 0 Å². The number of ether oxygens (including phenoxy) is 1. The van der Waals surface area contributed by atoms with Crippen LogP contribution in [-0.2, 0) is 9.53 Å². The van der Waals surface area contributed by atoms with Crippen LogP contribution in [0, 0.1) is 0 Å². The van der Waals surface area contributed by atoms with Crippen molar-refractivity contribution in [2.24, 2.45) is 0 Å². The second-order valence-electron chi connectivity index (χ2n) is 5.42. The van der Waals surface area contributed by atoms with Crippen LogP contribution in [0.1, 0.15) is 5.56 Å². The van der Waals surface area contributed by atoms with Crippen LogP contribution in [0.5, 0.6) is 0 Å². The van der Waals surface area contributed by atoms with Crippen LogP contribution in [0.4, 0.5) is 5.69 Å². The van der Waals surface area contributed by atoms with E-state index in [0.717, 1.165) is 23.2 Å². The average molecular weight is 372 g/mol. The molecule has 0 amide bonds. The minimum atomic E-state index is 0.454. The van der Waals surface area contributed by atoms with Crippen molar-refractivity contribution < 1.29 is 9.53 Å². The summed E-state index contributed by atoms with van der Waals surface area (Å²) in [6.07, 6.45) is 3.87. The predicted molar refractivity (Wildman–Crippen MR) is 103 cm³/mol. The van der Waals surface area contributed by atoms with Gasteiger partial charge in [0, 0.05) is 21.3 Å². The van der Waals surface area contributed by atoms with Crippen molar-refractivity contribution in [3.05, 3.63) is 94.3 Å². The summed E-state index contributed by atoms with van der Waals surface area (Å²) in [6, 6.07) is 14.8. The Labute approximate surface area is 156 Å². The molecule has 0 bridgehead atoms. The van der Waals surface area contributed by atoms with E-state index in [1.807, 2.05) is 41.3 Å². The fourth-order valence-corrected chi connectivity index (χ4v) is 2.90. The molecule has 0 saturated carbocycles. The SMILES string of the molecule is C=C1CN(c2cccc(Cl)c2)C(/C=C/C=O)=C(c2ccc(Cl)cc2)O1. The van der Waals surface area contributed by atoms with E-state index in [4.69, 9.17) is 27.9 Å². The first-order valence-electron chi connectivity index (χ1n) is 7.59. The van der Waals surface area contributed by atoms with Crippen molar-refractivity contribution >= 4 is 40.9 Å². The lowest BCUT2D eigenvalue weighted by Gasteiger charge is -2.33. The molecule has 0 spiro atoms. The Balaban J connectivity index is 2.17. The Morgan fingerprint density at radius 3 is 2.52 bits per heavy atom. The molecule has 0 N–H and O–H groups in total. The van der Waals surface area contributed by atoms with Gasteiger partial charge in [-0.15, -0.1) is 0 Å². The van der Waals surface area contributed by atoms with Gasteiger partial charge >= 0.3 is 0 Å². The third-order valence-electron chi connectivity index (χ3n) is 3.66. The van der Waals surface area contributed by atoms with Crippen LogP contribution < -0.4 is 4.90 Å². The van der Waals surface area contributed by atoms with Crippen LogP contribution >= 0.6 is 23.2 Å². The van der Waals surface area contributed by atoms with Gasteiger partial charge in [-0.2, -0.15) is 0 Å². The molecule has 2 aromatic rings. The number of carbonyl (C=O) groups is 1. The zero-order valence-corrected chi connectivity index (χ0v) is 14.8. The molecule has 0 radical (unpaired) electrons. The normalized spacial score (nSPS) is 14.8. The lowest BCUT2D eigenvalue weighted by molar-refractivity contribution is -0.104. The molecular formula is C20H15Cl2NO2. The Hall–Kier alpha value is -2.49. The van der Waals surface area contributed by atoms with E-state index in [-0.39, 0.29) is 0 Å². The number of halogens is 2. The van der Waals surface area contributed by atoms with Crippen molar-refractivity contribution in [1.82, 2.24) is 0 Å². The van der Waals surface area contributed by atoms with Gasteiger partial charge in [0.25, 0.3) is 0 Å². The average Bonchev–Trinajstić information content (AvgIpc) is 2.60. The molecular weight excluding hydrogens is 357 g/mol. The van der Waals surface area contributed by atoms with Crippen LogP contribution in [0.15, 0.2) is 78.7 Å². The Kier molecular flexibility index (Phi) is 5.27. The molecule has 25 heavy (non-hydrogen) atoms. The van der Waals surface area contributed by atoms with Crippen molar-refractivity contribution in [2.45, 2.75) is 0 Å². The zero-order valence-electron chi connectivity index (χ0n) is 13.3. The van der Waals surface area contributed by atoms with Crippen LogP contribution in [-0.4, -0.2) is 12.8 Å². The topological polar surface area (TPSA) is 29.5 Å². The molecule has 1 aliphatic rings. The van der Waals surface area contributed by atoms with Gasteiger partial charge in [-0.1, -0.05) is 35.8 Å². The monoisotopic (exact) mass is 371 g/mol. The molecule has 0 aromatic heterocycles. The number of allylic oxidation sites excluding steroid dienone is 2. The highest BCUT2D eigenvalue weighted by Crippen LogP contribution is 2.35. The summed E-state index contributed by atoms with van der Waals surface area (Å²) in [7, 11) is 0. The zero-order chi connectivity index (χ0) is 17.8. The lowest BCUT2D eigenvalue weighted by atomic mass is 10.1. The molecule has 0 unspecified atom stereocenters. The van der Waals surface area contributed by atoms with Crippen LogP contribution in [0.3, 0.4) is 0 Å².